The van der Waals surface area contributed by atoms with E-state index < -0.39 is 38.6 Å². The third-order valence-electron chi connectivity index (χ3n) is 3.86. The van der Waals surface area contributed by atoms with Crippen LogP contribution < -0.4 is 10.0 Å². The van der Waals surface area contributed by atoms with Crippen LogP contribution in [0.15, 0.2) is 29.2 Å². The molecule has 1 heterocycles. The Labute approximate surface area is 156 Å². The number of sulfonamides is 1. The first kappa shape index (κ1) is 22.7. The molecule has 148 valence electrons. The molecule has 1 saturated heterocycles. The number of carbonyl (C=O) groups is 1. The van der Waals surface area contributed by atoms with Crippen molar-refractivity contribution in [2.45, 2.75) is 37.0 Å². The molecule has 0 aliphatic carbocycles. The summed E-state index contributed by atoms with van der Waals surface area (Å²) in [6.07, 6.45) is -4.81. The Balaban J connectivity index is 0.00000338. The molecule has 1 aliphatic rings. The number of hydrogen-bond donors (Lipinski definition) is 2. The Morgan fingerprint density at radius 3 is 2.54 bits per heavy atom. The van der Waals surface area contributed by atoms with Gasteiger partial charge in [0.1, 0.15) is 0 Å². The molecule has 2 unspecified atom stereocenters. The van der Waals surface area contributed by atoms with E-state index in [0.29, 0.717) is 25.7 Å². The van der Waals surface area contributed by atoms with Crippen molar-refractivity contribution in [1.82, 2.24) is 14.9 Å². The molecule has 1 aromatic rings. The van der Waals surface area contributed by atoms with Crippen molar-refractivity contribution >= 4 is 28.3 Å². The van der Waals surface area contributed by atoms with E-state index in [-0.39, 0.29) is 18.4 Å². The monoisotopic (exact) mass is 415 g/mol. The van der Waals surface area contributed by atoms with E-state index in [9.17, 15) is 26.4 Å². The van der Waals surface area contributed by atoms with E-state index in [1.807, 2.05) is 6.92 Å². The SMILES string of the molecule is CC1CN(C(=O)C(C)NS(=O)(=O)c2ccccc2C(F)(F)F)CCN1.Cl. The minimum absolute atomic E-state index is 0. The van der Waals surface area contributed by atoms with E-state index in [1.165, 1.54) is 17.9 Å². The molecular formula is C15H21ClF3N3O3S. The van der Waals surface area contributed by atoms with Crippen LogP contribution in [0.4, 0.5) is 13.2 Å². The van der Waals surface area contributed by atoms with E-state index in [0.717, 1.165) is 12.1 Å². The predicted octanol–water partition coefficient (Wildman–Crippen LogP) is 1.61. The second kappa shape index (κ2) is 8.55. The Bertz CT molecular complexity index is 743. The van der Waals surface area contributed by atoms with Gasteiger partial charge in [0.25, 0.3) is 0 Å². The molecular weight excluding hydrogens is 395 g/mol. The first-order valence-electron chi connectivity index (χ1n) is 7.73. The number of hydrogen-bond acceptors (Lipinski definition) is 4. The summed E-state index contributed by atoms with van der Waals surface area (Å²) in [6, 6.07) is 2.77. The lowest BCUT2D eigenvalue weighted by Crippen LogP contribution is -2.56. The highest BCUT2D eigenvalue weighted by Crippen LogP contribution is 2.33. The van der Waals surface area contributed by atoms with Gasteiger partial charge in [-0.15, -0.1) is 12.4 Å². The van der Waals surface area contributed by atoms with Crippen LogP contribution in [0, 0.1) is 0 Å². The highest BCUT2D eigenvalue weighted by atomic mass is 35.5. The molecule has 2 N–H and O–H groups in total. The average molecular weight is 416 g/mol. The van der Waals surface area contributed by atoms with E-state index in [1.54, 1.807) is 0 Å². The third-order valence-corrected chi connectivity index (χ3v) is 5.46. The first-order valence-corrected chi connectivity index (χ1v) is 9.21. The van der Waals surface area contributed by atoms with Crippen LogP contribution >= 0.6 is 12.4 Å². The maximum atomic E-state index is 13.0. The van der Waals surface area contributed by atoms with Crippen molar-refractivity contribution in [3.63, 3.8) is 0 Å². The summed E-state index contributed by atoms with van der Waals surface area (Å²) in [7, 11) is -4.50. The number of alkyl halides is 3. The molecule has 1 aliphatic heterocycles. The van der Waals surface area contributed by atoms with Crippen molar-refractivity contribution in [2.24, 2.45) is 0 Å². The van der Waals surface area contributed by atoms with Gasteiger partial charge in [0, 0.05) is 25.7 Å². The van der Waals surface area contributed by atoms with Gasteiger partial charge in [0.05, 0.1) is 16.5 Å². The molecule has 26 heavy (non-hydrogen) atoms. The molecule has 0 aromatic heterocycles. The van der Waals surface area contributed by atoms with Gasteiger partial charge in [-0.2, -0.15) is 17.9 Å². The van der Waals surface area contributed by atoms with Crippen LogP contribution in [-0.4, -0.2) is 50.9 Å². The number of piperazine rings is 1. The predicted molar refractivity (Wildman–Crippen MR) is 92.5 cm³/mol. The molecule has 1 aromatic carbocycles. The molecule has 11 heteroatoms. The van der Waals surface area contributed by atoms with Gasteiger partial charge >= 0.3 is 6.18 Å². The molecule has 0 radical (unpaired) electrons. The van der Waals surface area contributed by atoms with Gasteiger partial charge in [0.15, 0.2) is 0 Å². The van der Waals surface area contributed by atoms with Crippen molar-refractivity contribution in [3.8, 4) is 0 Å². The first-order chi connectivity index (χ1) is 11.5. The number of benzene rings is 1. The molecule has 6 nitrogen and oxygen atoms in total. The van der Waals surface area contributed by atoms with Crippen molar-refractivity contribution in [3.05, 3.63) is 29.8 Å². The van der Waals surface area contributed by atoms with Crippen LogP contribution in [0.25, 0.3) is 0 Å². The number of nitrogens with one attached hydrogen (secondary N) is 2. The Morgan fingerprint density at radius 2 is 1.96 bits per heavy atom. The van der Waals surface area contributed by atoms with Crippen LogP contribution in [0.5, 0.6) is 0 Å². The lowest BCUT2D eigenvalue weighted by molar-refractivity contribution is -0.139. The van der Waals surface area contributed by atoms with Crippen molar-refractivity contribution in [1.29, 1.82) is 0 Å². The molecule has 0 saturated carbocycles. The number of nitrogens with zero attached hydrogens (tertiary/aromatic N) is 1. The molecule has 2 atom stereocenters. The van der Waals surface area contributed by atoms with Gasteiger partial charge in [-0.25, -0.2) is 8.42 Å². The van der Waals surface area contributed by atoms with E-state index in [2.05, 4.69) is 10.0 Å². The Kier molecular flexibility index (Phi) is 7.46. The summed E-state index contributed by atoms with van der Waals surface area (Å²) in [6.45, 7) is 4.60. The summed E-state index contributed by atoms with van der Waals surface area (Å²) in [5.41, 5.74) is -1.27. The van der Waals surface area contributed by atoms with Crippen LogP contribution in [0.1, 0.15) is 19.4 Å². The summed E-state index contributed by atoms with van der Waals surface area (Å²) < 4.78 is 65.9. The fraction of sp³-hybridized carbons (Fsp3) is 0.533. The topological polar surface area (TPSA) is 78.5 Å². The molecule has 1 amide bonds. The zero-order valence-corrected chi connectivity index (χ0v) is 15.8. The second-order valence-electron chi connectivity index (χ2n) is 5.98. The number of amides is 1. The molecule has 1 fully saturated rings. The highest BCUT2D eigenvalue weighted by molar-refractivity contribution is 7.89. The fourth-order valence-corrected chi connectivity index (χ4v) is 4.11. The number of halogens is 4. The van der Waals surface area contributed by atoms with Gasteiger partial charge in [-0.1, -0.05) is 12.1 Å². The zero-order chi connectivity index (χ0) is 18.8. The maximum Gasteiger partial charge on any atom is 0.417 e. The maximum absolute atomic E-state index is 13.0. The number of rotatable bonds is 4. The van der Waals surface area contributed by atoms with E-state index in [4.69, 9.17) is 0 Å². The molecule has 0 bridgehead atoms. The lowest BCUT2D eigenvalue weighted by Gasteiger charge is -2.33. The largest absolute Gasteiger partial charge is 0.417 e. The Morgan fingerprint density at radius 1 is 1.35 bits per heavy atom. The van der Waals surface area contributed by atoms with Crippen molar-refractivity contribution < 1.29 is 26.4 Å². The minimum atomic E-state index is -4.81. The average Bonchev–Trinajstić information content (AvgIpc) is 2.53. The highest BCUT2D eigenvalue weighted by Gasteiger charge is 2.38. The Hall–Kier alpha value is -1.36. The van der Waals surface area contributed by atoms with Crippen molar-refractivity contribution in [2.75, 3.05) is 19.6 Å². The van der Waals surface area contributed by atoms with Gasteiger partial charge < -0.3 is 10.2 Å². The van der Waals surface area contributed by atoms with Gasteiger partial charge in [-0.3, -0.25) is 4.79 Å². The number of carbonyl (C=O) groups excluding carboxylic acids is 1. The second-order valence-corrected chi connectivity index (χ2v) is 7.66. The van der Waals surface area contributed by atoms with Gasteiger partial charge in [0.2, 0.25) is 15.9 Å². The van der Waals surface area contributed by atoms with Crippen LogP contribution in [0.3, 0.4) is 0 Å². The standard InChI is InChI=1S/C15H20F3N3O3S.ClH/c1-10-9-21(8-7-19-10)14(22)11(2)20-25(23,24)13-6-4-3-5-12(13)15(16,17)18;/h3-6,10-11,19-20H,7-9H2,1-2H3;1H. The molecule has 0 spiro atoms. The quantitative estimate of drug-likeness (QED) is 0.783. The third kappa shape index (κ3) is 5.32. The van der Waals surface area contributed by atoms with Crippen LogP contribution in [0.2, 0.25) is 0 Å². The summed E-state index contributed by atoms with van der Waals surface area (Å²) >= 11 is 0. The normalized spacial score (nSPS) is 19.6. The molecule has 2 rings (SSSR count). The summed E-state index contributed by atoms with van der Waals surface area (Å²) in [5, 5.41) is 3.15. The summed E-state index contributed by atoms with van der Waals surface area (Å²) in [4.78, 5) is 13.0. The fourth-order valence-electron chi connectivity index (χ4n) is 2.69. The van der Waals surface area contributed by atoms with Crippen LogP contribution in [-0.2, 0) is 21.0 Å². The lowest BCUT2D eigenvalue weighted by atomic mass is 10.2. The van der Waals surface area contributed by atoms with Gasteiger partial charge in [-0.05, 0) is 26.0 Å². The minimum Gasteiger partial charge on any atom is -0.338 e. The zero-order valence-electron chi connectivity index (χ0n) is 14.2. The smallest absolute Gasteiger partial charge is 0.338 e. The summed E-state index contributed by atoms with van der Waals surface area (Å²) in [5.74, 6) is -0.471. The van der Waals surface area contributed by atoms with E-state index >= 15 is 0 Å².